The van der Waals surface area contributed by atoms with E-state index in [0.717, 1.165) is 38.5 Å². The largest absolute Gasteiger partial charge is 0.403 e. The predicted molar refractivity (Wildman–Crippen MR) is 120 cm³/mol. The van der Waals surface area contributed by atoms with Crippen LogP contribution in [0.5, 0.6) is 0 Å². The average molecular weight is 489 g/mol. The summed E-state index contributed by atoms with van der Waals surface area (Å²) < 4.78 is 38.9. The first kappa shape index (κ1) is 25.9. The molecule has 0 radical (unpaired) electrons. The Balaban J connectivity index is 1.66. The van der Waals surface area contributed by atoms with E-state index in [1.807, 2.05) is 4.90 Å². The standard InChI is InChI=1S/C23H32ClF3N4O2/c24-17-9-8-15(12-19(28)23(25,26)27)16(11-17)13-31-10-4-7-18(31)21(32)30-22(33)20(29)14-5-2-1-3-6-14/h8-9,11,14,18-20H,1-7,10,12-13,28-29H2,(H,30,32,33)/t18-,19?,20+/m0/s1. The molecule has 3 atom stereocenters. The monoisotopic (exact) mass is 488 g/mol. The highest BCUT2D eigenvalue weighted by Gasteiger charge is 2.38. The van der Waals surface area contributed by atoms with E-state index in [-0.39, 0.29) is 18.9 Å². The molecule has 0 bridgehead atoms. The molecule has 1 saturated heterocycles. The zero-order valence-corrected chi connectivity index (χ0v) is 19.3. The highest BCUT2D eigenvalue weighted by molar-refractivity contribution is 6.30. The molecule has 184 valence electrons. The van der Waals surface area contributed by atoms with E-state index in [4.69, 9.17) is 23.1 Å². The van der Waals surface area contributed by atoms with Crippen LogP contribution in [-0.4, -0.2) is 47.6 Å². The van der Waals surface area contributed by atoms with E-state index in [9.17, 15) is 22.8 Å². The Morgan fingerprint density at radius 1 is 1.09 bits per heavy atom. The van der Waals surface area contributed by atoms with Crippen LogP contribution in [0.3, 0.4) is 0 Å². The highest BCUT2D eigenvalue weighted by Crippen LogP contribution is 2.28. The van der Waals surface area contributed by atoms with Crippen molar-refractivity contribution in [3.05, 3.63) is 34.3 Å². The molecule has 0 aromatic heterocycles. The first-order valence-electron chi connectivity index (χ1n) is 11.5. The van der Waals surface area contributed by atoms with Crippen LogP contribution in [-0.2, 0) is 22.6 Å². The Bertz CT molecular complexity index is 845. The van der Waals surface area contributed by atoms with Crippen LogP contribution in [0.2, 0.25) is 5.02 Å². The number of halogens is 4. The molecule has 2 amide bonds. The van der Waals surface area contributed by atoms with Crippen LogP contribution in [0.1, 0.15) is 56.1 Å². The van der Waals surface area contributed by atoms with E-state index < -0.39 is 36.1 Å². The number of carbonyl (C=O) groups excluding carboxylic acids is 2. The van der Waals surface area contributed by atoms with E-state index in [0.29, 0.717) is 29.1 Å². The number of nitrogens with zero attached hydrogens (tertiary/aromatic N) is 1. The van der Waals surface area contributed by atoms with E-state index in [1.165, 1.54) is 6.07 Å². The van der Waals surface area contributed by atoms with Crippen molar-refractivity contribution in [1.29, 1.82) is 0 Å². The van der Waals surface area contributed by atoms with Crippen LogP contribution in [0.15, 0.2) is 18.2 Å². The summed E-state index contributed by atoms with van der Waals surface area (Å²) in [6.45, 7) is 0.819. The third kappa shape index (κ3) is 6.91. The van der Waals surface area contributed by atoms with Crippen molar-refractivity contribution >= 4 is 23.4 Å². The van der Waals surface area contributed by atoms with Crippen molar-refractivity contribution in [2.24, 2.45) is 17.4 Å². The van der Waals surface area contributed by atoms with E-state index in [2.05, 4.69) is 5.32 Å². The van der Waals surface area contributed by atoms with Gasteiger partial charge in [0.15, 0.2) is 0 Å². The van der Waals surface area contributed by atoms with Crippen LogP contribution in [0, 0.1) is 5.92 Å². The third-order valence-electron chi connectivity index (χ3n) is 6.78. The quantitative estimate of drug-likeness (QED) is 0.546. The van der Waals surface area contributed by atoms with E-state index >= 15 is 0 Å². The molecular formula is C23H32ClF3N4O2. The smallest absolute Gasteiger partial charge is 0.320 e. The fraction of sp³-hybridized carbons (Fsp3) is 0.652. The lowest BCUT2D eigenvalue weighted by molar-refractivity contribution is -0.147. The van der Waals surface area contributed by atoms with Gasteiger partial charge in [-0.3, -0.25) is 19.8 Å². The number of carbonyl (C=O) groups is 2. The van der Waals surface area contributed by atoms with Gasteiger partial charge in [0.2, 0.25) is 11.8 Å². The molecule has 1 unspecified atom stereocenters. The predicted octanol–water partition coefficient (Wildman–Crippen LogP) is 3.29. The van der Waals surface area contributed by atoms with Crippen molar-refractivity contribution in [1.82, 2.24) is 10.2 Å². The lowest BCUT2D eigenvalue weighted by atomic mass is 9.84. The highest BCUT2D eigenvalue weighted by atomic mass is 35.5. The number of benzene rings is 1. The van der Waals surface area contributed by atoms with Crippen molar-refractivity contribution < 1.29 is 22.8 Å². The second-order valence-electron chi connectivity index (χ2n) is 9.17. The van der Waals surface area contributed by atoms with Crippen LogP contribution >= 0.6 is 11.6 Å². The third-order valence-corrected chi connectivity index (χ3v) is 7.01. The second kappa shape index (κ2) is 11.2. The summed E-state index contributed by atoms with van der Waals surface area (Å²) in [5.74, 6) is -0.796. The number of nitrogens with two attached hydrogens (primary N) is 2. The van der Waals surface area contributed by atoms with Gasteiger partial charge >= 0.3 is 6.18 Å². The van der Waals surface area contributed by atoms with E-state index in [1.54, 1.807) is 12.1 Å². The zero-order chi connectivity index (χ0) is 24.2. The molecule has 1 aliphatic heterocycles. The lowest BCUT2D eigenvalue weighted by Gasteiger charge is -2.28. The molecule has 1 saturated carbocycles. The minimum atomic E-state index is -4.51. The maximum absolute atomic E-state index is 13.0. The molecule has 2 aliphatic rings. The van der Waals surface area contributed by atoms with Crippen LogP contribution < -0.4 is 16.8 Å². The summed E-state index contributed by atoms with van der Waals surface area (Å²) >= 11 is 6.10. The van der Waals surface area contributed by atoms with Gasteiger partial charge in [-0.15, -0.1) is 0 Å². The summed E-state index contributed by atoms with van der Waals surface area (Å²) in [7, 11) is 0. The Hall–Kier alpha value is -1.68. The van der Waals surface area contributed by atoms with Gasteiger partial charge in [0.1, 0.15) is 6.04 Å². The molecule has 1 heterocycles. The van der Waals surface area contributed by atoms with Gasteiger partial charge in [-0.1, -0.05) is 36.9 Å². The molecule has 10 heteroatoms. The number of rotatable bonds is 7. The summed E-state index contributed by atoms with van der Waals surface area (Å²) in [4.78, 5) is 27.3. The number of hydrogen-bond donors (Lipinski definition) is 3. The number of hydrogen-bond acceptors (Lipinski definition) is 5. The lowest BCUT2D eigenvalue weighted by Crippen LogP contribution is -2.52. The minimum absolute atomic E-state index is 0.0816. The Morgan fingerprint density at radius 3 is 2.45 bits per heavy atom. The molecule has 2 fully saturated rings. The number of nitrogens with one attached hydrogen (secondary N) is 1. The molecule has 1 aromatic carbocycles. The van der Waals surface area contributed by atoms with Crippen molar-refractivity contribution in [3.63, 3.8) is 0 Å². The number of imide groups is 1. The molecule has 1 aliphatic carbocycles. The zero-order valence-electron chi connectivity index (χ0n) is 18.5. The van der Waals surface area contributed by atoms with Crippen molar-refractivity contribution in [2.75, 3.05) is 6.54 Å². The van der Waals surface area contributed by atoms with Gasteiger partial charge in [-0.05, 0) is 67.8 Å². The van der Waals surface area contributed by atoms with Crippen molar-refractivity contribution in [3.8, 4) is 0 Å². The van der Waals surface area contributed by atoms with Gasteiger partial charge in [-0.2, -0.15) is 13.2 Å². The first-order valence-corrected chi connectivity index (χ1v) is 11.9. The fourth-order valence-electron chi connectivity index (χ4n) is 4.82. The van der Waals surface area contributed by atoms with Gasteiger partial charge in [0, 0.05) is 11.6 Å². The number of alkyl halides is 3. The summed E-state index contributed by atoms with van der Waals surface area (Å²) in [6, 6.07) is 1.42. The molecule has 1 aromatic rings. The summed E-state index contributed by atoms with van der Waals surface area (Å²) in [5.41, 5.74) is 12.5. The van der Waals surface area contributed by atoms with Gasteiger partial charge < -0.3 is 11.5 Å². The van der Waals surface area contributed by atoms with Crippen LogP contribution in [0.25, 0.3) is 0 Å². The number of likely N-dealkylation sites (tertiary alicyclic amines) is 1. The van der Waals surface area contributed by atoms with Crippen molar-refractivity contribution in [2.45, 2.75) is 82.2 Å². The number of amides is 2. The molecule has 33 heavy (non-hydrogen) atoms. The Labute approximate surface area is 197 Å². The molecular weight excluding hydrogens is 457 g/mol. The van der Waals surface area contributed by atoms with Gasteiger partial charge in [0.05, 0.1) is 12.1 Å². The minimum Gasteiger partial charge on any atom is -0.320 e. The molecule has 3 rings (SSSR count). The molecule has 0 spiro atoms. The van der Waals surface area contributed by atoms with Gasteiger partial charge in [0.25, 0.3) is 0 Å². The SMILES string of the molecule is NC(Cc1ccc(Cl)cc1CN1CCC[C@H]1C(=O)NC(=O)[C@H](N)C1CCCCC1)C(F)(F)F. The average Bonchev–Trinajstić information content (AvgIpc) is 3.23. The Morgan fingerprint density at radius 2 is 1.79 bits per heavy atom. The summed E-state index contributed by atoms with van der Waals surface area (Å²) in [6.07, 6.45) is 1.38. The maximum Gasteiger partial charge on any atom is 0.403 e. The van der Waals surface area contributed by atoms with Crippen LogP contribution in [0.4, 0.5) is 13.2 Å². The molecule has 6 nitrogen and oxygen atoms in total. The maximum atomic E-state index is 13.0. The van der Waals surface area contributed by atoms with Gasteiger partial charge in [-0.25, -0.2) is 0 Å². The topological polar surface area (TPSA) is 101 Å². The fourth-order valence-corrected chi connectivity index (χ4v) is 5.01. The Kier molecular flexibility index (Phi) is 8.77. The first-order chi connectivity index (χ1) is 15.6. The normalized spacial score (nSPS) is 22.2. The molecule has 5 N–H and O–H groups in total. The summed E-state index contributed by atoms with van der Waals surface area (Å²) in [5, 5.41) is 2.87. The second-order valence-corrected chi connectivity index (χ2v) is 9.61.